The monoisotopic (exact) mass is 491 g/mol. The minimum atomic E-state index is -4.53. The minimum Gasteiger partial charge on any atom is -0.349 e. The van der Waals surface area contributed by atoms with Crippen LogP contribution >= 0.6 is 11.6 Å². The number of amides is 1. The van der Waals surface area contributed by atoms with Gasteiger partial charge in [-0.2, -0.15) is 28.2 Å². The van der Waals surface area contributed by atoms with E-state index in [-0.39, 0.29) is 16.6 Å². The number of alkyl halides is 3. The number of carbonyl (C=O) groups is 1. The smallest absolute Gasteiger partial charge is 0.349 e. The van der Waals surface area contributed by atoms with Crippen LogP contribution in [0.2, 0.25) is 5.02 Å². The van der Waals surface area contributed by atoms with Crippen LogP contribution in [-0.4, -0.2) is 33.5 Å². The first-order chi connectivity index (χ1) is 16.3. The van der Waals surface area contributed by atoms with Crippen molar-refractivity contribution < 1.29 is 18.0 Å². The van der Waals surface area contributed by atoms with E-state index in [4.69, 9.17) is 11.6 Å². The van der Waals surface area contributed by atoms with Gasteiger partial charge in [-0.3, -0.25) is 4.79 Å². The molecule has 3 aromatic rings. The highest BCUT2D eigenvalue weighted by atomic mass is 35.5. The second kappa shape index (κ2) is 10.6. The summed E-state index contributed by atoms with van der Waals surface area (Å²) in [7, 11) is 0. The first-order valence-corrected chi connectivity index (χ1v) is 11.5. The molecule has 6 nitrogen and oxygen atoms in total. The fraction of sp³-hybridized carbons (Fsp3) is 0.375. The van der Waals surface area contributed by atoms with Gasteiger partial charge in [-0.1, -0.05) is 29.8 Å². The van der Waals surface area contributed by atoms with Crippen molar-refractivity contribution >= 4 is 17.5 Å². The second-order valence-electron chi connectivity index (χ2n) is 8.48. The number of rotatable bonds is 7. The zero-order valence-corrected chi connectivity index (χ0v) is 19.1. The summed E-state index contributed by atoms with van der Waals surface area (Å²) in [6.07, 6.45) is 0.555. The van der Waals surface area contributed by atoms with Gasteiger partial charge in [0.15, 0.2) is 0 Å². The Balaban J connectivity index is 1.21. The van der Waals surface area contributed by atoms with Crippen LogP contribution in [-0.2, 0) is 12.7 Å². The summed E-state index contributed by atoms with van der Waals surface area (Å²) in [6, 6.07) is 12.4. The highest BCUT2D eigenvalue weighted by Gasteiger charge is 2.32. The topological polar surface area (TPSA) is 71.8 Å². The average Bonchev–Trinajstić information content (AvgIpc) is 3.29. The second-order valence-corrected chi connectivity index (χ2v) is 8.88. The normalized spacial score (nSPS) is 18.6. The van der Waals surface area contributed by atoms with Gasteiger partial charge in [0.05, 0.1) is 33.7 Å². The standard InChI is InChI=1S/C24H25ClF3N5O/c25-22-11-8-17(24(26,27)28)12-21(22)23(34)31-18-9-6-16(7-10-18)13-29-14-19-15-30-33(32-19)20-4-2-1-3-5-20/h1-5,8,11-12,15-16,18,29H,6-7,9-10,13-14H2,(H,31,34)/t16-,18-. The zero-order chi connectivity index (χ0) is 24.1. The number of hydrogen-bond donors (Lipinski definition) is 2. The van der Waals surface area contributed by atoms with E-state index >= 15 is 0 Å². The molecule has 1 amide bonds. The highest BCUT2D eigenvalue weighted by molar-refractivity contribution is 6.33. The van der Waals surface area contributed by atoms with E-state index in [1.54, 1.807) is 11.0 Å². The zero-order valence-electron chi connectivity index (χ0n) is 18.4. The van der Waals surface area contributed by atoms with Gasteiger partial charge in [0.25, 0.3) is 5.91 Å². The third-order valence-corrected chi connectivity index (χ3v) is 6.32. The Kier molecular flexibility index (Phi) is 7.53. The van der Waals surface area contributed by atoms with Gasteiger partial charge in [-0.25, -0.2) is 0 Å². The van der Waals surface area contributed by atoms with Gasteiger partial charge in [-0.05, 0) is 68.5 Å². The molecule has 0 atom stereocenters. The van der Waals surface area contributed by atoms with E-state index in [0.29, 0.717) is 12.5 Å². The fourth-order valence-corrected chi connectivity index (χ4v) is 4.32. The quantitative estimate of drug-likeness (QED) is 0.487. The molecule has 0 spiro atoms. The number of nitrogens with zero attached hydrogens (tertiary/aromatic N) is 3. The molecule has 0 bridgehead atoms. The number of carbonyl (C=O) groups excluding carboxylic acids is 1. The summed E-state index contributed by atoms with van der Waals surface area (Å²) in [4.78, 5) is 14.1. The maximum absolute atomic E-state index is 13.0. The molecule has 2 N–H and O–H groups in total. The van der Waals surface area contributed by atoms with Crippen molar-refractivity contribution in [2.24, 2.45) is 5.92 Å². The lowest BCUT2D eigenvalue weighted by atomic mass is 9.86. The summed E-state index contributed by atoms with van der Waals surface area (Å²) >= 11 is 5.98. The molecule has 180 valence electrons. The van der Waals surface area contributed by atoms with Crippen LogP contribution in [0, 0.1) is 5.92 Å². The summed E-state index contributed by atoms with van der Waals surface area (Å²) in [5.74, 6) is -0.117. The van der Waals surface area contributed by atoms with Gasteiger partial charge < -0.3 is 10.6 Å². The van der Waals surface area contributed by atoms with Crippen molar-refractivity contribution in [3.8, 4) is 5.69 Å². The van der Waals surface area contributed by atoms with Crippen molar-refractivity contribution in [1.82, 2.24) is 25.6 Å². The van der Waals surface area contributed by atoms with Crippen LogP contribution in [0.1, 0.15) is 47.3 Å². The Hall–Kier alpha value is -2.91. The van der Waals surface area contributed by atoms with Crippen LogP contribution < -0.4 is 10.6 Å². The molecule has 0 saturated heterocycles. The molecule has 4 rings (SSSR count). The molecule has 2 aromatic carbocycles. The Morgan fingerprint density at radius 1 is 1.09 bits per heavy atom. The van der Waals surface area contributed by atoms with E-state index in [9.17, 15) is 18.0 Å². The van der Waals surface area contributed by atoms with Crippen molar-refractivity contribution in [3.05, 3.63) is 76.6 Å². The van der Waals surface area contributed by atoms with E-state index < -0.39 is 17.6 Å². The molecule has 34 heavy (non-hydrogen) atoms. The number of para-hydroxylation sites is 1. The van der Waals surface area contributed by atoms with Gasteiger partial charge in [0.2, 0.25) is 0 Å². The minimum absolute atomic E-state index is 0.00702. The molecular formula is C24H25ClF3N5O. The van der Waals surface area contributed by atoms with Crippen LogP contribution in [0.3, 0.4) is 0 Å². The molecule has 1 aliphatic rings. The SMILES string of the molecule is O=C(N[C@H]1CC[C@H](CNCc2cnn(-c3ccccc3)n2)CC1)c1cc(C(F)(F)F)ccc1Cl. The van der Waals surface area contributed by atoms with Crippen molar-refractivity contribution in [3.63, 3.8) is 0 Å². The Bertz CT molecular complexity index is 1110. The van der Waals surface area contributed by atoms with Gasteiger partial charge >= 0.3 is 6.18 Å². The van der Waals surface area contributed by atoms with Crippen molar-refractivity contribution in [2.45, 2.75) is 44.4 Å². The first kappa shape index (κ1) is 24.2. The first-order valence-electron chi connectivity index (χ1n) is 11.1. The maximum Gasteiger partial charge on any atom is 0.416 e. The lowest BCUT2D eigenvalue weighted by Crippen LogP contribution is -2.39. The third kappa shape index (κ3) is 6.15. The fourth-order valence-electron chi connectivity index (χ4n) is 4.12. The summed E-state index contributed by atoms with van der Waals surface area (Å²) in [5, 5.41) is 15.0. The number of aromatic nitrogens is 3. The molecule has 0 aliphatic heterocycles. The molecule has 1 aromatic heterocycles. The number of benzene rings is 2. The molecule has 0 radical (unpaired) electrons. The predicted octanol–water partition coefficient (Wildman–Crippen LogP) is 5.02. The third-order valence-electron chi connectivity index (χ3n) is 5.99. The van der Waals surface area contributed by atoms with Crippen molar-refractivity contribution in [2.75, 3.05) is 6.54 Å². The molecule has 1 heterocycles. The number of hydrogen-bond acceptors (Lipinski definition) is 4. The van der Waals surface area contributed by atoms with Crippen LogP contribution in [0.4, 0.5) is 13.2 Å². The van der Waals surface area contributed by atoms with Crippen LogP contribution in [0.5, 0.6) is 0 Å². The maximum atomic E-state index is 13.0. The summed E-state index contributed by atoms with van der Waals surface area (Å²) in [6.45, 7) is 1.43. The molecule has 1 fully saturated rings. The Labute approximate surface area is 200 Å². The lowest BCUT2D eigenvalue weighted by Gasteiger charge is -2.29. The Morgan fingerprint density at radius 3 is 2.53 bits per heavy atom. The predicted molar refractivity (Wildman–Crippen MR) is 123 cm³/mol. The van der Waals surface area contributed by atoms with Crippen LogP contribution in [0.25, 0.3) is 5.69 Å². The average molecular weight is 492 g/mol. The number of halogens is 4. The Morgan fingerprint density at radius 2 is 1.82 bits per heavy atom. The number of nitrogens with one attached hydrogen (secondary N) is 2. The van der Waals surface area contributed by atoms with E-state index in [1.807, 2.05) is 30.3 Å². The van der Waals surface area contributed by atoms with E-state index in [2.05, 4.69) is 20.8 Å². The van der Waals surface area contributed by atoms with Gasteiger partial charge in [0.1, 0.15) is 0 Å². The van der Waals surface area contributed by atoms with Gasteiger partial charge in [0, 0.05) is 12.6 Å². The largest absolute Gasteiger partial charge is 0.416 e. The lowest BCUT2D eigenvalue weighted by molar-refractivity contribution is -0.137. The van der Waals surface area contributed by atoms with Gasteiger partial charge in [-0.15, -0.1) is 0 Å². The van der Waals surface area contributed by atoms with Crippen molar-refractivity contribution in [1.29, 1.82) is 0 Å². The molecule has 10 heteroatoms. The molecule has 0 unspecified atom stereocenters. The van der Waals surface area contributed by atoms with E-state index in [1.165, 1.54) is 0 Å². The molecule has 1 aliphatic carbocycles. The van der Waals surface area contributed by atoms with Crippen LogP contribution in [0.15, 0.2) is 54.7 Å². The highest BCUT2D eigenvalue weighted by Crippen LogP contribution is 2.32. The molecular weight excluding hydrogens is 467 g/mol. The summed E-state index contributed by atoms with van der Waals surface area (Å²) < 4.78 is 38.9. The van der Waals surface area contributed by atoms with E-state index in [0.717, 1.165) is 61.8 Å². The molecule has 1 saturated carbocycles. The summed E-state index contributed by atoms with van der Waals surface area (Å²) in [5.41, 5.74) is 0.716.